The van der Waals surface area contributed by atoms with Crippen molar-refractivity contribution in [3.8, 4) is 0 Å². The highest BCUT2D eigenvalue weighted by atomic mass is 16.5. The van der Waals surface area contributed by atoms with Crippen LogP contribution in [0.1, 0.15) is 12.0 Å². The summed E-state index contributed by atoms with van der Waals surface area (Å²) >= 11 is 0. The van der Waals surface area contributed by atoms with E-state index in [4.69, 9.17) is 10.5 Å². The number of nitrogen functional groups attached to an aromatic ring is 1. The van der Waals surface area contributed by atoms with Crippen molar-refractivity contribution in [2.45, 2.75) is 18.4 Å². The fourth-order valence-corrected chi connectivity index (χ4v) is 1.72. The quantitative estimate of drug-likeness (QED) is 0.713. The lowest BCUT2D eigenvalue weighted by Gasteiger charge is -2.20. The van der Waals surface area contributed by atoms with Crippen molar-refractivity contribution in [3.63, 3.8) is 0 Å². The Balaban J connectivity index is 2.10. The molecule has 0 aromatic carbocycles. The molecule has 1 aromatic rings. The number of hydrogen-bond donors (Lipinski definition) is 2. The van der Waals surface area contributed by atoms with E-state index in [1.54, 1.807) is 12.3 Å². The predicted molar refractivity (Wildman–Crippen MR) is 52.7 cm³/mol. The van der Waals surface area contributed by atoms with Crippen molar-refractivity contribution in [2.75, 3.05) is 18.9 Å². The van der Waals surface area contributed by atoms with Crippen molar-refractivity contribution < 1.29 is 9.84 Å². The Kier molecular flexibility index (Phi) is 2.39. The van der Waals surface area contributed by atoms with Crippen LogP contribution in [0.15, 0.2) is 18.3 Å². The van der Waals surface area contributed by atoms with Crippen molar-refractivity contribution >= 4 is 5.82 Å². The summed E-state index contributed by atoms with van der Waals surface area (Å²) in [7, 11) is 0. The van der Waals surface area contributed by atoms with Gasteiger partial charge in [-0.05, 0) is 17.7 Å². The van der Waals surface area contributed by atoms with Gasteiger partial charge in [0.15, 0.2) is 0 Å². The van der Waals surface area contributed by atoms with E-state index in [0.29, 0.717) is 31.9 Å². The van der Waals surface area contributed by atoms with Crippen LogP contribution < -0.4 is 5.73 Å². The molecular weight excluding hydrogens is 180 g/mol. The first-order valence-electron chi connectivity index (χ1n) is 4.69. The minimum atomic E-state index is -0.714. The van der Waals surface area contributed by atoms with Crippen LogP contribution in [0, 0.1) is 0 Å². The second-order valence-electron chi connectivity index (χ2n) is 3.79. The van der Waals surface area contributed by atoms with Crippen molar-refractivity contribution in [3.05, 3.63) is 23.9 Å². The Morgan fingerprint density at radius 3 is 3.14 bits per heavy atom. The smallest absolute Gasteiger partial charge is 0.123 e. The van der Waals surface area contributed by atoms with E-state index in [1.807, 2.05) is 6.07 Å². The third-order valence-corrected chi connectivity index (χ3v) is 2.46. The average Bonchev–Trinajstić information content (AvgIpc) is 2.51. The Hall–Kier alpha value is -1.13. The van der Waals surface area contributed by atoms with E-state index in [2.05, 4.69) is 4.98 Å². The molecule has 0 bridgehead atoms. The molecule has 4 heteroatoms. The van der Waals surface area contributed by atoms with Gasteiger partial charge in [-0.2, -0.15) is 0 Å². The molecule has 1 fully saturated rings. The molecule has 1 unspecified atom stereocenters. The second-order valence-corrected chi connectivity index (χ2v) is 3.79. The van der Waals surface area contributed by atoms with E-state index >= 15 is 0 Å². The van der Waals surface area contributed by atoms with E-state index in [9.17, 15) is 5.11 Å². The molecular formula is C10H14N2O2. The number of nitrogens with zero attached hydrogens (tertiary/aromatic N) is 1. The zero-order valence-electron chi connectivity index (χ0n) is 7.94. The fraction of sp³-hybridized carbons (Fsp3) is 0.500. The standard InChI is InChI=1S/C10H14N2O2/c11-9-5-8(1-3-12-9)6-10(13)2-4-14-7-10/h1,3,5,13H,2,4,6-7H2,(H2,11,12). The van der Waals surface area contributed by atoms with Crippen LogP contribution in [0.3, 0.4) is 0 Å². The van der Waals surface area contributed by atoms with Crippen LogP contribution in [0.5, 0.6) is 0 Å². The van der Waals surface area contributed by atoms with Gasteiger partial charge in [0.2, 0.25) is 0 Å². The zero-order valence-corrected chi connectivity index (χ0v) is 7.94. The highest BCUT2D eigenvalue weighted by molar-refractivity contribution is 5.32. The molecule has 1 aromatic heterocycles. The molecule has 0 saturated carbocycles. The van der Waals surface area contributed by atoms with E-state index in [1.165, 1.54) is 0 Å². The summed E-state index contributed by atoms with van der Waals surface area (Å²) in [5.41, 5.74) is 5.84. The lowest BCUT2D eigenvalue weighted by molar-refractivity contribution is 0.0270. The van der Waals surface area contributed by atoms with Gasteiger partial charge in [0.25, 0.3) is 0 Å². The normalized spacial score (nSPS) is 26.6. The number of nitrogens with two attached hydrogens (primary N) is 1. The van der Waals surface area contributed by atoms with Gasteiger partial charge >= 0.3 is 0 Å². The highest BCUT2D eigenvalue weighted by Gasteiger charge is 2.32. The number of hydrogen-bond acceptors (Lipinski definition) is 4. The number of pyridine rings is 1. The minimum Gasteiger partial charge on any atom is -0.387 e. The summed E-state index contributed by atoms with van der Waals surface area (Å²) in [5.74, 6) is 0.491. The molecule has 0 radical (unpaired) electrons. The predicted octanol–water partition coefficient (Wildman–Crippen LogP) is 0.358. The van der Waals surface area contributed by atoms with Gasteiger partial charge in [0.1, 0.15) is 5.82 Å². The van der Waals surface area contributed by atoms with Crippen molar-refractivity contribution in [1.29, 1.82) is 0 Å². The molecule has 0 spiro atoms. The van der Waals surface area contributed by atoms with Gasteiger partial charge in [-0.1, -0.05) is 0 Å². The van der Waals surface area contributed by atoms with Crippen LogP contribution in [0.25, 0.3) is 0 Å². The third kappa shape index (κ3) is 2.02. The molecule has 4 nitrogen and oxygen atoms in total. The Morgan fingerprint density at radius 2 is 2.50 bits per heavy atom. The number of aromatic nitrogens is 1. The average molecular weight is 194 g/mol. The van der Waals surface area contributed by atoms with Gasteiger partial charge in [-0.15, -0.1) is 0 Å². The summed E-state index contributed by atoms with van der Waals surface area (Å²) in [5, 5.41) is 10.0. The summed E-state index contributed by atoms with van der Waals surface area (Å²) in [6.45, 7) is 1.05. The first kappa shape index (κ1) is 9.43. The highest BCUT2D eigenvalue weighted by Crippen LogP contribution is 2.23. The van der Waals surface area contributed by atoms with Crippen molar-refractivity contribution in [2.24, 2.45) is 0 Å². The van der Waals surface area contributed by atoms with Gasteiger partial charge in [0, 0.05) is 25.6 Å². The molecule has 3 N–H and O–H groups in total. The van der Waals surface area contributed by atoms with Crippen LogP contribution in [0.2, 0.25) is 0 Å². The van der Waals surface area contributed by atoms with Gasteiger partial charge < -0.3 is 15.6 Å². The van der Waals surface area contributed by atoms with E-state index < -0.39 is 5.60 Å². The molecule has 1 aliphatic rings. The number of anilines is 1. The fourth-order valence-electron chi connectivity index (χ4n) is 1.72. The largest absolute Gasteiger partial charge is 0.387 e. The van der Waals surface area contributed by atoms with Crippen LogP contribution >= 0.6 is 0 Å². The first-order valence-corrected chi connectivity index (χ1v) is 4.69. The van der Waals surface area contributed by atoms with Crippen LogP contribution in [-0.4, -0.2) is 28.9 Å². The number of rotatable bonds is 2. The maximum absolute atomic E-state index is 10.0. The SMILES string of the molecule is Nc1cc(CC2(O)CCOC2)ccn1. The topological polar surface area (TPSA) is 68.4 Å². The van der Waals surface area contributed by atoms with Gasteiger partial charge in [-0.3, -0.25) is 0 Å². The molecule has 76 valence electrons. The molecule has 0 amide bonds. The monoisotopic (exact) mass is 194 g/mol. The maximum Gasteiger partial charge on any atom is 0.123 e. The van der Waals surface area contributed by atoms with Crippen LogP contribution in [-0.2, 0) is 11.2 Å². The van der Waals surface area contributed by atoms with Crippen LogP contribution in [0.4, 0.5) is 5.82 Å². The molecule has 2 heterocycles. The van der Waals surface area contributed by atoms with Gasteiger partial charge in [-0.25, -0.2) is 4.98 Å². The Morgan fingerprint density at radius 1 is 1.64 bits per heavy atom. The Bertz CT molecular complexity index is 322. The zero-order chi connectivity index (χ0) is 10.0. The molecule has 1 atom stereocenters. The Labute approximate surface area is 82.7 Å². The summed E-state index contributed by atoms with van der Waals surface area (Å²) in [6.07, 6.45) is 2.93. The minimum absolute atomic E-state index is 0.412. The lowest BCUT2D eigenvalue weighted by Crippen LogP contribution is -2.31. The lowest BCUT2D eigenvalue weighted by atomic mass is 9.94. The summed E-state index contributed by atoms with van der Waals surface area (Å²) in [4.78, 5) is 3.90. The molecule has 14 heavy (non-hydrogen) atoms. The summed E-state index contributed by atoms with van der Waals surface area (Å²) < 4.78 is 5.17. The van der Waals surface area contributed by atoms with E-state index in [0.717, 1.165) is 5.56 Å². The third-order valence-electron chi connectivity index (χ3n) is 2.46. The molecule has 2 rings (SSSR count). The second kappa shape index (κ2) is 3.55. The summed E-state index contributed by atoms with van der Waals surface area (Å²) in [6, 6.07) is 3.66. The van der Waals surface area contributed by atoms with Gasteiger partial charge in [0.05, 0.1) is 12.2 Å². The molecule has 1 saturated heterocycles. The molecule has 1 aliphatic heterocycles. The molecule has 0 aliphatic carbocycles. The first-order chi connectivity index (χ1) is 6.68. The number of ether oxygens (including phenoxy) is 1. The number of aliphatic hydroxyl groups is 1. The van der Waals surface area contributed by atoms with E-state index in [-0.39, 0.29) is 0 Å². The van der Waals surface area contributed by atoms with Crippen molar-refractivity contribution in [1.82, 2.24) is 4.98 Å². The maximum atomic E-state index is 10.0.